The van der Waals surface area contributed by atoms with Gasteiger partial charge in [-0.2, -0.15) is 4.39 Å². The molecule has 34 nitrogen and oxygen atoms in total. The van der Waals surface area contributed by atoms with Crippen molar-refractivity contribution in [3.63, 3.8) is 0 Å². The summed E-state index contributed by atoms with van der Waals surface area (Å²) in [5.74, 6) is -12.9. The number of nitrogen functional groups attached to an aromatic ring is 1. The number of anilines is 2. The van der Waals surface area contributed by atoms with Crippen LogP contribution in [0.25, 0.3) is 43.9 Å². The zero-order valence-corrected chi connectivity index (χ0v) is 57.5. The third kappa shape index (κ3) is 18.3. The largest absolute Gasteiger partial charge is 0.503 e. The summed E-state index contributed by atoms with van der Waals surface area (Å²) in [7, 11) is 3.74. The zero-order chi connectivity index (χ0) is 78.0. The van der Waals surface area contributed by atoms with Crippen LogP contribution < -0.4 is 38.5 Å². The number of aliphatic hydroxyl groups excluding tert-OH is 1. The van der Waals surface area contributed by atoms with Crippen LogP contribution in [-0.4, -0.2) is 128 Å². The van der Waals surface area contributed by atoms with Gasteiger partial charge in [-0.05, 0) is 98.3 Å². The summed E-state index contributed by atoms with van der Waals surface area (Å²) in [6.45, 7) is 4.96. The normalized spacial score (nSPS) is 14.1. The molecule has 0 bridgehead atoms. The van der Waals surface area contributed by atoms with Gasteiger partial charge in [0, 0.05) is 123 Å². The second-order valence-corrected chi connectivity index (χ2v) is 24.5. The Kier molecular flexibility index (Phi) is 24.4. The van der Waals surface area contributed by atoms with Crippen LogP contribution in [0.3, 0.4) is 0 Å². The molecule has 4 aromatic heterocycles. The number of halogens is 2. The number of aromatic hydroxyl groups is 1. The Balaban J connectivity index is 0.000000166. The zero-order valence-electron chi connectivity index (χ0n) is 57.5. The number of nitrogens with one attached hydrogen (secondary N) is 1. The first-order valence-corrected chi connectivity index (χ1v) is 32.6. The first-order chi connectivity index (χ1) is 50.7. The summed E-state index contributed by atoms with van der Waals surface area (Å²) in [5, 5.41) is 24.4. The van der Waals surface area contributed by atoms with Crippen molar-refractivity contribution in [3.8, 4) is 5.75 Å². The minimum absolute atomic E-state index is 0.0114. The van der Waals surface area contributed by atoms with E-state index < -0.39 is 135 Å². The van der Waals surface area contributed by atoms with Crippen LogP contribution in [-0.2, 0) is 103 Å². The number of nitrogens with two attached hydrogens (primary N) is 1. The number of fused-ring (bicyclic) bond motifs is 4. The SMILES string of the molecule is Cc1c(CC(=O)NCCCCCC(=O)ON2C(=O)CCC2=O)c(=O)oc2cc(N)ccc12.Cc1c(CC(=O)ON2C(=O)CCC2=O)c(=O)oc2c(F)c(O)c(F)cc12.Cc1c(CC(=O)ON2C(=O)CCC2=O)c(=O)oc2cc(N(C)C)ccc12.O=C(ON1C(=O)CCC1=O)c1cc2ccc(CO)cc2oc1=O. The van der Waals surface area contributed by atoms with E-state index in [0.29, 0.717) is 95.9 Å². The molecule has 0 saturated carbocycles. The monoisotopic (exact) mass is 1490 g/mol. The van der Waals surface area contributed by atoms with Gasteiger partial charge in [0.05, 0.1) is 42.6 Å². The second kappa shape index (κ2) is 33.5. The Morgan fingerprint density at radius 3 is 1.46 bits per heavy atom. The van der Waals surface area contributed by atoms with Crippen LogP contribution in [0.2, 0.25) is 0 Å². The van der Waals surface area contributed by atoms with Gasteiger partial charge in [-0.3, -0.25) is 43.2 Å². The molecule has 4 fully saturated rings. The number of amides is 9. The summed E-state index contributed by atoms with van der Waals surface area (Å²) >= 11 is 0. The van der Waals surface area contributed by atoms with E-state index in [-0.39, 0.29) is 104 Å². The fourth-order valence-corrected chi connectivity index (χ4v) is 11.0. The molecule has 4 aliphatic heterocycles. The summed E-state index contributed by atoms with van der Waals surface area (Å²) in [6, 6.07) is 17.1. The molecule has 8 heterocycles. The van der Waals surface area contributed by atoms with Gasteiger partial charge in [-0.1, -0.05) is 18.6 Å². The van der Waals surface area contributed by atoms with Crippen molar-refractivity contribution in [3.05, 3.63) is 165 Å². The lowest BCUT2D eigenvalue weighted by Gasteiger charge is -2.15. The molecular formula is C71H65F2N7O27. The lowest BCUT2D eigenvalue weighted by molar-refractivity contribution is -0.197. The van der Waals surface area contributed by atoms with E-state index in [1.165, 1.54) is 19.1 Å². The second-order valence-electron chi connectivity index (χ2n) is 24.5. The number of phenols is 1. The molecule has 5 N–H and O–H groups in total. The van der Waals surface area contributed by atoms with Crippen molar-refractivity contribution in [1.82, 2.24) is 25.6 Å². The predicted molar refractivity (Wildman–Crippen MR) is 361 cm³/mol. The maximum absolute atomic E-state index is 13.9. The third-order valence-corrected chi connectivity index (χ3v) is 16.9. The Morgan fingerprint density at radius 2 is 0.953 bits per heavy atom. The molecule has 0 atom stereocenters. The van der Waals surface area contributed by atoms with Crippen LogP contribution in [0.15, 0.2) is 104 Å². The molecule has 4 aromatic carbocycles. The number of phenolic OH excluding ortho intramolecular Hbond substituents is 1. The lowest BCUT2D eigenvalue weighted by atomic mass is 10.0. The predicted octanol–water partition coefficient (Wildman–Crippen LogP) is 4.57. The van der Waals surface area contributed by atoms with E-state index in [0.717, 1.165) is 17.1 Å². The van der Waals surface area contributed by atoms with Crippen molar-refractivity contribution in [2.75, 3.05) is 31.3 Å². The maximum atomic E-state index is 13.9. The maximum Gasteiger partial charge on any atom is 0.371 e. The highest BCUT2D eigenvalue weighted by Crippen LogP contribution is 2.32. The van der Waals surface area contributed by atoms with Gasteiger partial charge in [0.25, 0.3) is 47.3 Å². The number of hydrogen-bond donors (Lipinski definition) is 4. The molecule has 36 heteroatoms. The highest BCUT2D eigenvalue weighted by molar-refractivity contribution is 6.05. The molecule has 0 spiro atoms. The minimum Gasteiger partial charge on any atom is -0.503 e. The number of imide groups is 4. The highest BCUT2D eigenvalue weighted by Gasteiger charge is 2.37. The average molecular weight is 1490 g/mol. The van der Waals surface area contributed by atoms with E-state index in [4.69, 9.17) is 43.0 Å². The average Bonchev–Trinajstić information content (AvgIpc) is 1.23. The highest BCUT2D eigenvalue weighted by atomic mass is 19.1. The molecule has 0 aliphatic carbocycles. The summed E-state index contributed by atoms with van der Waals surface area (Å²) in [4.78, 5) is 221. The molecule has 8 aromatic rings. The van der Waals surface area contributed by atoms with E-state index in [1.54, 1.807) is 50.2 Å². The summed E-state index contributed by atoms with van der Waals surface area (Å²) in [5.41, 5.74) is 5.74. The minimum atomic E-state index is -1.44. The Bertz CT molecular complexity index is 5250. The van der Waals surface area contributed by atoms with Gasteiger partial charge < -0.3 is 63.2 Å². The molecule has 107 heavy (non-hydrogen) atoms. The number of aliphatic hydroxyl groups is 1. The van der Waals surface area contributed by atoms with Gasteiger partial charge in [0.15, 0.2) is 17.1 Å². The van der Waals surface area contributed by atoms with Crippen molar-refractivity contribution >= 4 is 132 Å². The number of rotatable bonds is 19. The van der Waals surface area contributed by atoms with E-state index in [2.05, 4.69) is 10.2 Å². The number of carbonyl (C=O) groups is 13. The van der Waals surface area contributed by atoms with Gasteiger partial charge in [0.1, 0.15) is 22.3 Å². The first-order valence-electron chi connectivity index (χ1n) is 32.6. The quantitative estimate of drug-likeness (QED) is 0.0373. The fraction of sp³-hybridized carbons (Fsp3) is 0.310. The van der Waals surface area contributed by atoms with Gasteiger partial charge in [-0.25, -0.2) is 42.7 Å². The smallest absolute Gasteiger partial charge is 0.371 e. The standard InChI is InChI=1S/C22H25N3O7.C18H18N2O6.C16H11F2NO7.C15H11NO7/c1-13-15-7-6-14(23)11-17(15)31-22(30)16(13)12-18(26)24-10-4-2-3-5-21(29)32-25-19(27)8-9-20(25)28;1-10-12-5-4-11(19(2)3)8-14(12)25-18(24)13(10)9-17(23)26-20-15(21)6-7-16(20)22;1-6-7-4-9(17)14(23)13(18)15(7)25-16(24)8(6)5-12(22)26-19-10(20)2-3-11(19)21;17-7-8-1-2-9-6-10(14(20)22-11(9)5-8)15(21)23-16-12(18)3-4-13(16)19/h6-7,11H,2-5,8-10,12,23H2,1H3,(H,24,26);4-5,8H,6-7,9H2,1-3H3;4,23H,2-3,5H2,1H3;1-2,5-6,17H,3-4,7H2. The molecule has 4 aliphatic rings. The molecule has 0 radical (unpaired) electrons. The number of unbranched alkanes of at least 4 members (excludes halogenated alkanes) is 2. The Labute approximate surface area is 599 Å². The molecule has 0 unspecified atom stereocenters. The number of nitrogens with zero attached hydrogens (tertiary/aromatic N) is 5. The van der Waals surface area contributed by atoms with E-state index >= 15 is 0 Å². The fourth-order valence-electron chi connectivity index (χ4n) is 11.0. The molecule has 9 amide bonds. The molecule has 560 valence electrons. The first kappa shape index (κ1) is 78.0. The van der Waals surface area contributed by atoms with Crippen LogP contribution in [0, 0.1) is 32.4 Å². The van der Waals surface area contributed by atoms with Gasteiger partial charge >= 0.3 is 46.4 Å². The van der Waals surface area contributed by atoms with Crippen molar-refractivity contribution in [2.24, 2.45) is 0 Å². The van der Waals surface area contributed by atoms with Crippen LogP contribution >= 0.6 is 0 Å². The number of benzene rings is 4. The van der Waals surface area contributed by atoms with Crippen molar-refractivity contribution in [1.29, 1.82) is 0 Å². The summed E-state index contributed by atoms with van der Waals surface area (Å²) in [6.07, 6.45) is 0.494. The van der Waals surface area contributed by atoms with Crippen LogP contribution in [0.1, 0.15) is 126 Å². The number of aryl methyl sites for hydroxylation is 3. The summed E-state index contributed by atoms with van der Waals surface area (Å²) < 4.78 is 47.8. The third-order valence-electron chi connectivity index (χ3n) is 16.9. The lowest BCUT2D eigenvalue weighted by Crippen LogP contribution is -2.33. The van der Waals surface area contributed by atoms with Gasteiger partial charge in [0.2, 0.25) is 11.7 Å². The Morgan fingerprint density at radius 1 is 0.505 bits per heavy atom. The number of carbonyl (C=O) groups excluding carboxylic acids is 13. The van der Waals surface area contributed by atoms with E-state index in [1.807, 2.05) is 31.1 Å². The van der Waals surface area contributed by atoms with Crippen molar-refractivity contribution in [2.45, 2.75) is 124 Å². The molecule has 12 rings (SSSR count). The van der Waals surface area contributed by atoms with Gasteiger partial charge in [-0.15, -0.1) is 20.3 Å². The van der Waals surface area contributed by atoms with Crippen LogP contribution in [0.5, 0.6) is 5.75 Å². The number of hydroxylamine groups is 8. The Hall–Kier alpha value is -13.2. The van der Waals surface area contributed by atoms with Crippen molar-refractivity contribution < 1.29 is 118 Å². The topological polar surface area (TPSA) is 474 Å². The van der Waals surface area contributed by atoms with E-state index in [9.17, 15) is 95.4 Å². The molecule has 4 saturated heterocycles. The molecular weight excluding hydrogens is 1420 g/mol. The number of hydrogen-bond acceptors (Lipinski definition) is 29. The van der Waals surface area contributed by atoms with Crippen LogP contribution in [0.4, 0.5) is 20.2 Å².